The summed E-state index contributed by atoms with van der Waals surface area (Å²) in [6, 6.07) is 0. The van der Waals surface area contributed by atoms with Crippen LogP contribution in [0.2, 0.25) is 0 Å². The number of unbranched alkanes of at least 4 members (excludes halogenated alkanes) is 4. The molecule has 0 radical (unpaired) electrons. The van der Waals surface area contributed by atoms with E-state index in [1.807, 2.05) is 0 Å². The molecule has 1 aliphatic rings. The normalized spacial score (nSPS) is 17.8. The zero-order valence-electron chi connectivity index (χ0n) is 11.3. The summed E-state index contributed by atoms with van der Waals surface area (Å²) >= 11 is 0. The molecule has 1 fully saturated rings. The number of hydrogen-bond acceptors (Lipinski definition) is 1. The van der Waals surface area contributed by atoms with Crippen molar-refractivity contribution in [2.24, 2.45) is 5.92 Å². The van der Waals surface area contributed by atoms with Crippen LogP contribution in [0.4, 0.5) is 0 Å². The van der Waals surface area contributed by atoms with E-state index < -0.39 is 0 Å². The summed E-state index contributed by atoms with van der Waals surface area (Å²) in [6.45, 7) is 4.79. The first kappa shape index (κ1) is 14.0. The van der Waals surface area contributed by atoms with Crippen LogP contribution in [0, 0.1) is 5.92 Å². The second kappa shape index (κ2) is 10.1. The largest absolute Gasteiger partial charge is 0.317 e. The Kier molecular flexibility index (Phi) is 8.88. The summed E-state index contributed by atoms with van der Waals surface area (Å²) in [5.41, 5.74) is 0. The maximum Gasteiger partial charge on any atom is -0.00463 e. The molecule has 0 spiro atoms. The summed E-state index contributed by atoms with van der Waals surface area (Å²) in [6.07, 6.45) is 15.9. The van der Waals surface area contributed by atoms with Gasteiger partial charge in [0, 0.05) is 0 Å². The Labute approximate surface area is 102 Å². The molecule has 0 saturated heterocycles. The minimum absolute atomic E-state index is 1.04. The predicted molar refractivity (Wildman–Crippen MR) is 72.8 cm³/mol. The predicted octanol–water partition coefficient (Wildman–Crippen LogP) is 4.52. The highest BCUT2D eigenvalue weighted by atomic mass is 14.8. The standard InChI is InChI=1S/C15H31N/c1-2-3-4-5-9-13-16-14-12-15-10-7-6-8-11-15/h15-16H,2-14H2,1H3. The molecular weight excluding hydrogens is 194 g/mol. The Morgan fingerprint density at radius 1 is 0.875 bits per heavy atom. The van der Waals surface area contributed by atoms with Gasteiger partial charge in [0.25, 0.3) is 0 Å². The van der Waals surface area contributed by atoms with E-state index in [0.717, 1.165) is 5.92 Å². The minimum Gasteiger partial charge on any atom is -0.317 e. The highest BCUT2D eigenvalue weighted by Gasteiger charge is 2.12. The van der Waals surface area contributed by atoms with Crippen LogP contribution >= 0.6 is 0 Å². The number of nitrogens with one attached hydrogen (secondary N) is 1. The Bertz CT molecular complexity index is 138. The van der Waals surface area contributed by atoms with Crippen molar-refractivity contribution in [2.75, 3.05) is 13.1 Å². The summed E-state index contributed by atoms with van der Waals surface area (Å²) < 4.78 is 0. The monoisotopic (exact) mass is 225 g/mol. The second-order valence-electron chi connectivity index (χ2n) is 5.46. The van der Waals surface area contributed by atoms with E-state index in [4.69, 9.17) is 0 Å². The highest BCUT2D eigenvalue weighted by molar-refractivity contribution is 4.66. The van der Waals surface area contributed by atoms with E-state index >= 15 is 0 Å². The first-order valence-electron chi connectivity index (χ1n) is 7.64. The summed E-state index contributed by atoms with van der Waals surface area (Å²) in [5, 5.41) is 3.61. The lowest BCUT2D eigenvalue weighted by molar-refractivity contribution is 0.333. The van der Waals surface area contributed by atoms with Crippen molar-refractivity contribution in [1.29, 1.82) is 0 Å². The molecule has 96 valence electrons. The van der Waals surface area contributed by atoms with Crippen LogP contribution in [-0.2, 0) is 0 Å². The van der Waals surface area contributed by atoms with Crippen LogP contribution in [0.3, 0.4) is 0 Å². The Balaban J connectivity index is 1.77. The van der Waals surface area contributed by atoms with Gasteiger partial charge in [-0.1, -0.05) is 64.7 Å². The van der Waals surface area contributed by atoms with E-state index in [0.29, 0.717) is 0 Å². The van der Waals surface area contributed by atoms with Crippen molar-refractivity contribution in [3.63, 3.8) is 0 Å². The third kappa shape index (κ3) is 7.27. The summed E-state index contributed by atoms with van der Waals surface area (Å²) in [7, 11) is 0. The number of rotatable bonds is 9. The fourth-order valence-electron chi connectivity index (χ4n) is 2.76. The van der Waals surface area contributed by atoms with Gasteiger partial charge in [0.1, 0.15) is 0 Å². The fraction of sp³-hybridized carbons (Fsp3) is 1.00. The van der Waals surface area contributed by atoms with E-state index in [-0.39, 0.29) is 0 Å². The van der Waals surface area contributed by atoms with E-state index in [1.54, 1.807) is 0 Å². The first-order chi connectivity index (χ1) is 7.93. The topological polar surface area (TPSA) is 12.0 Å². The molecule has 0 bridgehead atoms. The molecule has 1 N–H and O–H groups in total. The van der Waals surface area contributed by atoms with E-state index in [2.05, 4.69) is 12.2 Å². The van der Waals surface area contributed by atoms with Gasteiger partial charge in [-0.25, -0.2) is 0 Å². The van der Waals surface area contributed by atoms with Crippen LogP contribution in [0.15, 0.2) is 0 Å². The van der Waals surface area contributed by atoms with Gasteiger partial charge >= 0.3 is 0 Å². The van der Waals surface area contributed by atoms with Crippen molar-refractivity contribution < 1.29 is 0 Å². The van der Waals surface area contributed by atoms with E-state index in [1.165, 1.54) is 83.7 Å². The van der Waals surface area contributed by atoms with E-state index in [9.17, 15) is 0 Å². The molecule has 1 saturated carbocycles. The highest BCUT2D eigenvalue weighted by Crippen LogP contribution is 2.25. The van der Waals surface area contributed by atoms with Gasteiger partial charge in [0.05, 0.1) is 0 Å². The Morgan fingerprint density at radius 3 is 2.38 bits per heavy atom. The van der Waals surface area contributed by atoms with Crippen LogP contribution in [0.25, 0.3) is 0 Å². The molecule has 0 aromatic heterocycles. The zero-order valence-corrected chi connectivity index (χ0v) is 11.3. The molecule has 0 aromatic rings. The third-order valence-corrected chi connectivity index (χ3v) is 3.91. The smallest absolute Gasteiger partial charge is 0.00463 e. The molecule has 1 aliphatic carbocycles. The Hall–Kier alpha value is -0.0400. The van der Waals surface area contributed by atoms with Gasteiger partial charge in [-0.3, -0.25) is 0 Å². The Morgan fingerprint density at radius 2 is 1.62 bits per heavy atom. The van der Waals surface area contributed by atoms with Crippen molar-refractivity contribution in [1.82, 2.24) is 5.32 Å². The lowest BCUT2D eigenvalue weighted by Gasteiger charge is -2.21. The van der Waals surface area contributed by atoms with Crippen molar-refractivity contribution in [3.05, 3.63) is 0 Å². The van der Waals surface area contributed by atoms with Crippen molar-refractivity contribution in [3.8, 4) is 0 Å². The molecule has 0 heterocycles. The average Bonchev–Trinajstić information content (AvgIpc) is 2.34. The van der Waals surface area contributed by atoms with Gasteiger partial charge in [-0.05, 0) is 31.8 Å². The molecule has 16 heavy (non-hydrogen) atoms. The van der Waals surface area contributed by atoms with Crippen LogP contribution in [0.5, 0.6) is 0 Å². The van der Waals surface area contributed by atoms with Gasteiger partial charge in [-0.2, -0.15) is 0 Å². The van der Waals surface area contributed by atoms with Crippen molar-refractivity contribution in [2.45, 2.75) is 77.6 Å². The zero-order chi connectivity index (χ0) is 11.5. The van der Waals surface area contributed by atoms with Gasteiger partial charge < -0.3 is 5.32 Å². The molecule has 0 amide bonds. The maximum atomic E-state index is 3.61. The molecule has 0 aromatic carbocycles. The first-order valence-corrected chi connectivity index (χ1v) is 7.64. The fourth-order valence-corrected chi connectivity index (χ4v) is 2.76. The van der Waals surface area contributed by atoms with Crippen LogP contribution in [0.1, 0.15) is 77.6 Å². The quantitative estimate of drug-likeness (QED) is 0.569. The van der Waals surface area contributed by atoms with Crippen molar-refractivity contribution >= 4 is 0 Å². The number of hydrogen-bond donors (Lipinski definition) is 1. The van der Waals surface area contributed by atoms with Gasteiger partial charge in [0.2, 0.25) is 0 Å². The third-order valence-electron chi connectivity index (χ3n) is 3.91. The molecule has 1 rings (SSSR count). The molecule has 0 unspecified atom stereocenters. The van der Waals surface area contributed by atoms with Crippen LogP contribution < -0.4 is 5.32 Å². The summed E-state index contributed by atoms with van der Waals surface area (Å²) in [4.78, 5) is 0. The maximum absolute atomic E-state index is 3.61. The lowest BCUT2D eigenvalue weighted by Crippen LogP contribution is -2.20. The molecule has 1 heteroatoms. The molecular formula is C15H31N. The van der Waals surface area contributed by atoms with Gasteiger partial charge in [0.15, 0.2) is 0 Å². The molecule has 0 atom stereocenters. The molecule has 0 aliphatic heterocycles. The SMILES string of the molecule is CCCCCCCNCCC1CCCCC1. The second-order valence-corrected chi connectivity index (χ2v) is 5.46. The molecule has 1 nitrogen and oxygen atoms in total. The lowest BCUT2D eigenvalue weighted by atomic mass is 9.87. The average molecular weight is 225 g/mol. The summed E-state index contributed by atoms with van der Waals surface area (Å²) in [5.74, 6) is 1.04. The van der Waals surface area contributed by atoms with Crippen LogP contribution in [-0.4, -0.2) is 13.1 Å². The minimum atomic E-state index is 1.04. The van der Waals surface area contributed by atoms with Gasteiger partial charge in [-0.15, -0.1) is 0 Å².